The van der Waals surface area contributed by atoms with Gasteiger partial charge in [-0.15, -0.1) is 0 Å². The monoisotopic (exact) mass is 389 g/mol. The lowest BCUT2D eigenvalue weighted by atomic mass is 10.1. The molecule has 0 unspecified atom stereocenters. The molecule has 0 aliphatic carbocycles. The van der Waals surface area contributed by atoms with Gasteiger partial charge in [0, 0.05) is 17.7 Å². The van der Waals surface area contributed by atoms with E-state index < -0.39 is 5.91 Å². The fraction of sp³-hybridized carbons (Fsp3) is 0.158. The van der Waals surface area contributed by atoms with Gasteiger partial charge in [-0.2, -0.15) is 5.10 Å². The Kier molecular flexibility index (Phi) is 7.22. The molecule has 2 aromatic carbocycles. The van der Waals surface area contributed by atoms with Gasteiger partial charge in [0.25, 0.3) is 5.91 Å². The summed E-state index contributed by atoms with van der Waals surface area (Å²) in [6.45, 7) is 0.384. The summed E-state index contributed by atoms with van der Waals surface area (Å²) in [6, 6.07) is 7.68. The second-order valence-electron chi connectivity index (χ2n) is 5.35. The van der Waals surface area contributed by atoms with Crippen molar-refractivity contribution in [2.75, 3.05) is 20.8 Å². The third kappa shape index (κ3) is 5.22. The van der Waals surface area contributed by atoms with E-state index in [0.717, 1.165) is 5.56 Å². The number of carbonyl (C=O) groups excluding carboxylic acids is 1. The molecule has 2 rings (SSSR count). The highest BCUT2D eigenvalue weighted by Gasteiger charge is 2.10. The zero-order valence-corrected chi connectivity index (χ0v) is 15.7. The van der Waals surface area contributed by atoms with Gasteiger partial charge >= 0.3 is 0 Å². The number of ether oxygens (including phenoxy) is 2. The highest BCUT2D eigenvalue weighted by Crippen LogP contribution is 2.33. The fourth-order valence-electron chi connectivity index (χ4n) is 2.29. The smallest absolute Gasteiger partial charge is 0.271 e. The summed E-state index contributed by atoms with van der Waals surface area (Å²) in [7, 11) is 3.08. The number of methoxy groups -OCH3 is 2. The Labute approximate surface area is 162 Å². The van der Waals surface area contributed by atoms with Crippen LogP contribution in [0.2, 0.25) is 5.02 Å². The number of halogens is 1. The van der Waals surface area contributed by atoms with Gasteiger partial charge in [0.1, 0.15) is 5.75 Å². The van der Waals surface area contributed by atoms with Crippen molar-refractivity contribution in [1.82, 2.24) is 5.43 Å². The number of benzene rings is 2. The van der Waals surface area contributed by atoms with Crippen LogP contribution in [-0.4, -0.2) is 38.0 Å². The summed E-state index contributed by atoms with van der Waals surface area (Å²) < 4.78 is 10.7. The van der Waals surface area contributed by atoms with E-state index in [9.17, 15) is 9.90 Å². The van der Waals surface area contributed by atoms with E-state index in [0.29, 0.717) is 23.6 Å². The molecule has 0 aliphatic rings. The third-order valence-electron chi connectivity index (χ3n) is 3.55. The van der Waals surface area contributed by atoms with Crippen molar-refractivity contribution < 1.29 is 19.4 Å². The first-order chi connectivity index (χ1) is 13.0. The Bertz CT molecular complexity index is 881. The average molecular weight is 390 g/mol. The maximum atomic E-state index is 12.1. The summed E-state index contributed by atoms with van der Waals surface area (Å²) >= 11 is 5.80. The Morgan fingerprint density at radius 2 is 2.07 bits per heavy atom. The SMILES string of the molecule is COc1cc(/C=N/NC(=O)c2ccc(O)c(Cl)c2)cc(/C=C/CN)c1OC. The van der Waals surface area contributed by atoms with Crippen molar-refractivity contribution in [3.63, 3.8) is 0 Å². The molecule has 0 fully saturated rings. The number of hydrogen-bond acceptors (Lipinski definition) is 6. The number of carbonyl (C=O) groups is 1. The standard InChI is InChI=1S/C19H20ClN3O4/c1-26-17-9-12(8-13(4-3-7-21)18(17)27-2)11-22-23-19(25)14-5-6-16(24)15(20)10-14/h3-6,8-11,24H,7,21H2,1-2H3,(H,23,25)/b4-3+,22-11+. The molecule has 4 N–H and O–H groups in total. The molecule has 8 heteroatoms. The Balaban J connectivity index is 2.21. The van der Waals surface area contributed by atoms with Crippen LogP contribution in [0.4, 0.5) is 0 Å². The van der Waals surface area contributed by atoms with E-state index in [1.807, 2.05) is 12.1 Å². The summed E-state index contributed by atoms with van der Waals surface area (Å²) in [6.07, 6.45) is 5.08. The van der Waals surface area contributed by atoms with Crippen molar-refractivity contribution in [3.8, 4) is 17.2 Å². The maximum absolute atomic E-state index is 12.1. The summed E-state index contributed by atoms with van der Waals surface area (Å²) in [4.78, 5) is 12.1. The van der Waals surface area contributed by atoms with E-state index >= 15 is 0 Å². The molecule has 2 aromatic rings. The molecule has 0 aliphatic heterocycles. The fourth-order valence-corrected chi connectivity index (χ4v) is 2.47. The van der Waals surface area contributed by atoms with Crippen LogP contribution in [-0.2, 0) is 0 Å². The molecule has 0 radical (unpaired) electrons. The first-order valence-corrected chi connectivity index (χ1v) is 8.32. The molecule has 1 amide bonds. The van der Waals surface area contributed by atoms with E-state index in [2.05, 4.69) is 10.5 Å². The minimum absolute atomic E-state index is 0.0860. The number of amides is 1. The first-order valence-electron chi connectivity index (χ1n) is 7.94. The van der Waals surface area contributed by atoms with Crippen LogP contribution in [0, 0.1) is 0 Å². The lowest BCUT2D eigenvalue weighted by Crippen LogP contribution is -2.17. The van der Waals surface area contributed by atoms with Crippen LogP contribution in [0.1, 0.15) is 21.5 Å². The molecule has 0 atom stereocenters. The molecule has 0 saturated heterocycles. The van der Waals surface area contributed by atoms with Crippen LogP contribution in [0.3, 0.4) is 0 Å². The second kappa shape index (κ2) is 9.61. The molecule has 142 valence electrons. The van der Waals surface area contributed by atoms with Crippen molar-refractivity contribution in [2.45, 2.75) is 0 Å². The topological polar surface area (TPSA) is 106 Å². The van der Waals surface area contributed by atoms with Gasteiger partial charge in [-0.05, 0) is 35.9 Å². The highest BCUT2D eigenvalue weighted by atomic mass is 35.5. The van der Waals surface area contributed by atoms with Crippen molar-refractivity contribution in [1.29, 1.82) is 0 Å². The number of nitrogens with one attached hydrogen (secondary N) is 1. The van der Waals surface area contributed by atoms with Gasteiger partial charge in [0.2, 0.25) is 0 Å². The lowest BCUT2D eigenvalue weighted by molar-refractivity contribution is 0.0955. The number of hydrogen-bond donors (Lipinski definition) is 3. The Morgan fingerprint density at radius 1 is 1.30 bits per heavy atom. The van der Waals surface area contributed by atoms with Crippen LogP contribution < -0.4 is 20.6 Å². The number of phenolic OH excluding ortho intramolecular Hbond substituents is 1. The van der Waals surface area contributed by atoms with Crippen LogP contribution >= 0.6 is 11.6 Å². The number of aromatic hydroxyl groups is 1. The molecule has 0 heterocycles. The first kappa shape index (κ1) is 20.3. The number of phenols is 1. The maximum Gasteiger partial charge on any atom is 0.271 e. The molecular weight excluding hydrogens is 370 g/mol. The zero-order chi connectivity index (χ0) is 19.8. The quantitative estimate of drug-likeness (QED) is 0.498. The average Bonchev–Trinajstić information content (AvgIpc) is 2.67. The normalized spacial score (nSPS) is 11.1. The lowest BCUT2D eigenvalue weighted by Gasteiger charge is -2.11. The van der Waals surface area contributed by atoms with E-state index in [1.54, 1.807) is 19.3 Å². The van der Waals surface area contributed by atoms with Crippen LogP contribution in [0.15, 0.2) is 41.5 Å². The van der Waals surface area contributed by atoms with Gasteiger partial charge in [-0.1, -0.05) is 23.8 Å². The minimum atomic E-state index is -0.461. The van der Waals surface area contributed by atoms with Crippen molar-refractivity contribution >= 4 is 29.8 Å². The molecule has 0 aromatic heterocycles. The minimum Gasteiger partial charge on any atom is -0.506 e. The van der Waals surface area contributed by atoms with Gasteiger partial charge in [0.05, 0.1) is 25.5 Å². The van der Waals surface area contributed by atoms with Crippen LogP contribution in [0.25, 0.3) is 6.08 Å². The zero-order valence-electron chi connectivity index (χ0n) is 14.9. The number of nitrogens with zero attached hydrogens (tertiary/aromatic N) is 1. The van der Waals surface area contributed by atoms with E-state index in [-0.39, 0.29) is 16.3 Å². The third-order valence-corrected chi connectivity index (χ3v) is 3.86. The largest absolute Gasteiger partial charge is 0.506 e. The van der Waals surface area contributed by atoms with Gasteiger partial charge < -0.3 is 20.3 Å². The molecule has 0 saturated carbocycles. The summed E-state index contributed by atoms with van der Waals surface area (Å²) in [5.41, 5.74) is 9.64. The van der Waals surface area contributed by atoms with Crippen molar-refractivity contribution in [2.24, 2.45) is 10.8 Å². The Hall–Kier alpha value is -3.03. The summed E-state index contributed by atoms with van der Waals surface area (Å²) in [5.74, 6) is 0.536. The predicted molar refractivity (Wildman–Crippen MR) is 106 cm³/mol. The van der Waals surface area contributed by atoms with Gasteiger partial charge in [-0.3, -0.25) is 4.79 Å². The molecule has 0 bridgehead atoms. The summed E-state index contributed by atoms with van der Waals surface area (Å²) in [5, 5.41) is 13.4. The van der Waals surface area contributed by atoms with Crippen molar-refractivity contribution in [3.05, 3.63) is 58.1 Å². The molecule has 27 heavy (non-hydrogen) atoms. The molecule has 7 nitrogen and oxygen atoms in total. The number of rotatable bonds is 7. The predicted octanol–water partition coefficient (Wildman–Crippen LogP) is 2.80. The molecule has 0 spiro atoms. The number of hydrazone groups is 1. The Morgan fingerprint density at radius 3 is 2.70 bits per heavy atom. The highest BCUT2D eigenvalue weighted by molar-refractivity contribution is 6.32. The number of nitrogens with two attached hydrogens (primary N) is 1. The van der Waals surface area contributed by atoms with E-state index in [1.165, 1.54) is 31.5 Å². The second-order valence-corrected chi connectivity index (χ2v) is 5.76. The molecular formula is C19H20ClN3O4. The van der Waals surface area contributed by atoms with Crippen LogP contribution in [0.5, 0.6) is 17.2 Å². The van der Waals surface area contributed by atoms with E-state index in [4.69, 9.17) is 26.8 Å². The van der Waals surface area contributed by atoms with Gasteiger partial charge in [-0.25, -0.2) is 5.43 Å². The van der Waals surface area contributed by atoms with Gasteiger partial charge in [0.15, 0.2) is 11.5 Å².